The zero-order valence-electron chi connectivity index (χ0n) is 14.6. The first-order valence-corrected chi connectivity index (χ1v) is 8.50. The van der Waals surface area contributed by atoms with Crippen molar-refractivity contribution < 1.29 is 14.3 Å². The minimum atomic E-state index is -1.10. The maximum atomic E-state index is 12.8. The van der Waals surface area contributed by atoms with Gasteiger partial charge in [-0.2, -0.15) is 0 Å². The van der Waals surface area contributed by atoms with Crippen molar-refractivity contribution in [2.24, 2.45) is 0 Å². The highest BCUT2D eigenvalue weighted by molar-refractivity contribution is 6.24. The van der Waals surface area contributed by atoms with E-state index < -0.39 is 5.97 Å². The van der Waals surface area contributed by atoms with Gasteiger partial charge in [-0.05, 0) is 41.5 Å². The topological polar surface area (TPSA) is 67.5 Å². The molecule has 0 aliphatic carbocycles. The first-order chi connectivity index (χ1) is 13.0. The summed E-state index contributed by atoms with van der Waals surface area (Å²) >= 11 is 0. The number of rotatable bonds is 3. The van der Waals surface area contributed by atoms with Gasteiger partial charge in [0.05, 0.1) is 16.5 Å². The van der Waals surface area contributed by atoms with Crippen molar-refractivity contribution in [1.29, 1.82) is 0 Å². The van der Waals surface area contributed by atoms with Crippen LogP contribution in [0.1, 0.15) is 16.7 Å². The molecule has 4 rings (SSSR count). The standard InChI is InChI=1S/C23H16O4/c1-14-9-10-21-20(11-14)22(24)16(13-27-21)12-19(23(25)26)18-8-4-6-15-5-2-3-7-17(15)18/h2-13H,1H3,(H,25,26)/b19-12+. The second kappa shape index (κ2) is 6.57. The van der Waals surface area contributed by atoms with Crippen LogP contribution in [-0.2, 0) is 4.79 Å². The SMILES string of the molecule is Cc1ccc2occ(/C=C(/C(=O)O)c3cccc4ccccc34)c(=O)c2c1. The number of carboxylic acids is 1. The molecule has 0 bridgehead atoms. The number of fused-ring (bicyclic) bond motifs is 2. The Morgan fingerprint density at radius 3 is 2.59 bits per heavy atom. The van der Waals surface area contributed by atoms with Crippen molar-refractivity contribution in [3.05, 3.63) is 93.8 Å². The maximum Gasteiger partial charge on any atom is 0.336 e. The number of carboxylic acid groups (broad SMARTS) is 1. The van der Waals surface area contributed by atoms with Crippen LogP contribution in [0.2, 0.25) is 0 Å². The molecule has 4 nitrogen and oxygen atoms in total. The van der Waals surface area contributed by atoms with Gasteiger partial charge in [-0.15, -0.1) is 0 Å². The predicted octanol–water partition coefficient (Wildman–Crippen LogP) is 4.88. The average Bonchev–Trinajstić information content (AvgIpc) is 2.67. The van der Waals surface area contributed by atoms with Crippen LogP contribution in [0.15, 0.2) is 76.1 Å². The van der Waals surface area contributed by atoms with E-state index in [2.05, 4.69) is 0 Å². The number of benzene rings is 3. The number of hydrogen-bond donors (Lipinski definition) is 1. The normalized spacial score (nSPS) is 11.8. The molecule has 0 unspecified atom stereocenters. The molecule has 0 amide bonds. The molecule has 0 aliphatic rings. The van der Waals surface area contributed by atoms with Gasteiger partial charge in [-0.3, -0.25) is 4.79 Å². The van der Waals surface area contributed by atoms with E-state index in [0.29, 0.717) is 16.5 Å². The molecule has 0 atom stereocenters. The highest BCUT2D eigenvalue weighted by atomic mass is 16.4. The van der Waals surface area contributed by atoms with Crippen LogP contribution >= 0.6 is 0 Å². The number of aryl methyl sites for hydroxylation is 1. The monoisotopic (exact) mass is 356 g/mol. The molecule has 1 N–H and O–H groups in total. The molecule has 4 aromatic rings. The minimum absolute atomic E-state index is 0.0473. The highest BCUT2D eigenvalue weighted by Gasteiger charge is 2.15. The van der Waals surface area contributed by atoms with Crippen LogP contribution < -0.4 is 5.43 Å². The lowest BCUT2D eigenvalue weighted by Crippen LogP contribution is -2.07. The van der Waals surface area contributed by atoms with Crippen LogP contribution in [-0.4, -0.2) is 11.1 Å². The Labute approximate surface area is 155 Å². The summed E-state index contributed by atoms with van der Waals surface area (Å²) in [6.07, 6.45) is 2.70. The number of hydrogen-bond acceptors (Lipinski definition) is 3. The number of aliphatic carboxylic acids is 1. The lowest BCUT2D eigenvalue weighted by Gasteiger charge is -2.08. The molecule has 1 heterocycles. The van der Waals surface area contributed by atoms with Crippen LogP contribution in [0.5, 0.6) is 0 Å². The van der Waals surface area contributed by atoms with Gasteiger partial charge in [0.1, 0.15) is 11.8 Å². The third-order valence-corrected chi connectivity index (χ3v) is 4.56. The molecule has 0 saturated carbocycles. The molecule has 0 fully saturated rings. The molecular formula is C23H16O4. The van der Waals surface area contributed by atoms with E-state index in [9.17, 15) is 14.7 Å². The van der Waals surface area contributed by atoms with Gasteiger partial charge in [-0.25, -0.2) is 4.79 Å². The van der Waals surface area contributed by atoms with Crippen molar-refractivity contribution in [2.75, 3.05) is 0 Å². The summed E-state index contributed by atoms with van der Waals surface area (Å²) in [5.74, 6) is -1.10. The lowest BCUT2D eigenvalue weighted by molar-refractivity contribution is -0.130. The fourth-order valence-corrected chi connectivity index (χ4v) is 3.23. The predicted molar refractivity (Wildman–Crippen MR) is 107 cm³/mol. The molecular weight excluding hydrogens is 340 g/mol. The highest BCUT2D eigenvalue weighted by Crippen LogP contribution is 2.27. The second-order valence-electron chi connectivity index (χ2n) is 6.41. The summed E-state index contributed by atoms with van der Waals surface area (Å²) < 4.78 is 5.55. The van der Waals surface area contributed by atoms with Crippen LogP contribution in [0.4, 0.5) is 0 Å². The van der Waals surface area contributed by atoms with Crippen molar-refractivity contribution in [1.82, 2.24) is 0 Å². The Balaban J connectivity index is 1.97. The third kappa shape index (κ3) is 3.02. The molecule has 0 spiro atoms. The van der Waals surface area contributed by atoms with Crippen molar-refractivity contribution in [2.45, 2.75) is 6.92 Å². The lowest BCUT2D eigenvalue weighted by atomic mass is 9.96. The summed E-state index contributed by atoms with van der Waals surface area (Å²) in [7, 11) is 0. The second-order valence-corrected chi connectivity index (χ2v) is 6.41. The summed E-state index contributed by atoms with van der Waals surface area (Å²) in [6, 6.07) is 18.4. The zero-order chi connectivity index (χ0) is 19.0. The van der Waals surface area contributed by atoms with Gasteiger partial charge in [-0.1, -0.05) is 54.1 Å². The maximum absolute atomic E-state index is 12.8. The molecule has 1 aromatic heterocycles. The van der Waals surface area contributed by atoms with E-state index >= 15 is 0 Å². The average molecular weight is 356 g/mol. The fraction of sp³-hybridized carbons (Fsp3) is 0.0435. The third-order valence-electron chi connectivity index (χ3n) is 4.56. The summed E-state index contributed by atoms with van der Waals surface area (Å²) in [4.78, 5) is 24.8. The van der Waals surface area contributed by atoms with Gasteiger partial charge in [0, 0.05) is 0 Å². The molecule has 4 heteroatoms. The Kier molecular flexibility index (Phi) is 4.09. The molecule has 0 radical (unpaired) electrons. The molecule has 132 valence electrons. The first kappa shape index (κ1) is 16.8. The molecule has 0 aliphatic heterocycles. The summed E-state index contributed by atoms with van der Waals surface area (Å²) in [6.45, 7) is 1.89. The number of carbonyl (C=O) groups is 1. The van der Waals surface area contributed by atoms with Crippen LogP contribution in [0.3, 0.4) is 0 Å². The van der Waals surface area contributed by atoms with E-state index in [1.54, 1.807) is 24.3 Å². The Hall–Kier alpha value is -3.66. The van der Waals surface area contributed by atoms with E-state index in [1.165, 1.54) is 12.3 Å². The van der Waals surface area contributed by atoms with E-state index in [-0.39, 0.29) is 16.6 Å². The minimum Gasteiger partial charge on any atom is -0.478 e. The molecule has 3 aromatic carbocycles. The van der Waals surface area contributed by atoms with Gasteiger partial charge < -0.3 is 9.52 Å². The first-order valence-electron chi connectivity index (χ1n) is 8.50. The summed E-state index contributed by atoms with van der Waals surface area (Å²) in [5, 5.41) is 12.0. The van der Waals surface area contributed by atoms with E-state index in [1.807, 2.05) is 43.3 Å². The molecule has 27 heavy (non-hydrogen) atoms. The fourth-order valence-electron chi connectivity index (χ4n) is 3.23. The van der Waals surface area contributed by atoms with Crippen molar-refractivity contribution in [3.63, 3.8) is 0 Å². The van der Waals surface area contributed by atoms with E-state index in [4.69, 9.17) is 4.42 Å². The van der Waals surface area contributed by atoms with Crippen LogP contribution in [0, 0.1) is 6.92 Å². The Morgan fingerprint density at radius 1 is 1.00 bits per heavy atom. The van der Waals surface area contributed by atoms with Gasteiger partial charge >= 0.3 is 5.97 Å². The van der Waals surface area contributed by atoms with Crippen LogP contribution in [0.25, 0.3) is 33.4 Å². The Morgan fingerprint density at radius 2 is 1.78 bits per heavy atom. The summed E-state index contributed by atoms with van der Waals surface area (Å²) in [5.41, 5.74) is 1.97. The van der Waals surface area contributed by atoms with E-state index in [0.717, 1.165) is 16.3 Å². The Bertz CT molecular complexity index is 1270. The van der Waals surface area contributed by atoms with Gasteiger partial charge in [0.25, 0.3) is 0 Å². The van der Waals surface area contributed by atoms with Crippen molar-refractivity contribution in [3.8, 4) is 0 Å². The zero-order valence-corrected chi connectivity index (χ0v) is 14.6. The largest absolute Gasteiger partial charge is 0.478 e. The van der Waals surface area contributed by atoms with Gasteiger partial charge in [0.2, 0.25) is 0 Å². The molecule has 0 saturated heterocycles. The van der Waals surface area contributed by atoms with Gasteiger partial charge in [0.15, 0.2) is 5.43 Å². The quantitative estimate of drug-likeness (QED) is 0.531. The smallest absolute Gasteiger partial charge is 0.336 e. The van der Waals surface area contributed by atoms with Crippen molar-refractivity contribution >= 4 is 39.4 Å².